The maximum atomic E-state index is 2.63. The first kappa shape index (κ1) is 49.0. The zero-order valence-electron chi connectivity index (χ0n) is 46.5. The van der Waals surface area contributed by atoms with Gasteiger partial charge in [-0.2, -0.15) is 0 Å². The van der Waals surface area contributed by atoms with Gasteiger partial charge in [0.05, 0.1) is 33.8 Å². The van der Waals surface area contributed by atoms with Gasteiger partial charge in [0.1, 0.15) is 0 Å². The fourth-order valence-electron chi connectivity index (χ4n) is 11.8. The summed E-state index contributed by atoms with van der Waals surface area (Å²) in [4.78, 5) is 2.63. The van der Waals surface area contributed by atoms with E-state index in [1.165, 1.54) is 115 Å². The van der Waals surface area contributed by atoms with E-state index in [1.807, 2.05) is 0 Å². The Bertz CT molecular complexity index is 4010. The molecule has 0 spiro atoms. The molecule has 376 valence electrons. The molecule has 0 aliphatic heterocycles. The Kier molecular flexibility index (Phi) is 11.5. The van der Waals surface area contributed by atoms with Crippen molar-refractivity contribution in [2.75, 3.05) is 4.90 Å². The van der Waals surface area contributed by atoms with Gasteiger partial charge < -0.3 is 9.47 Å². The number of rotatable bonds is 7. The van der Waals surface area contributed by atoms with E-state index in [0.29, 0.717) is 0 Å². The molecule has 11 aromatic carbocycles. The number of hydrogen-bond acceptors (Lipinski definition) is 1. The minimum Gasteiger partial charge on any atom is -0.309 e. The predicted molar refractivity (Wildman–Crippen MR) is 330 cm³/mol. The molecule has 0 bridgehead atoms. The van der Waals surface area contributed by atoms with E-state index in [1.54, 1.807) is 0 Å². The number of benzene rings is 11. The predicted octanol–water partition coefficient (Wildman–Crippen LogP) is 21.3. The number of para-hydroxylation sites is 4. The second kappa shape index (κ2) is 17.8. The standard InChI is InChI=1S/C74H70N2/c1-71(2,3)52-36-28-47(29-37-52)57-23-19-24-58(48-30-38-53(39-31-48)72(4,5)6)70(57)76(63-25-16-13-20-56(63)51-44-54(73(7,8)9)46-55(45-51)74(10,11)12)67-43-35-50-32-40-61-66(42-34-49-33-41-62(67)69(50)68(49)61)75-64-26-17-14-21-59(64)60-22-15-18-27-65(60)75/h13-46H,1-12H3. The van der Waals surface area contributed by atoms with Gasteiger partial charge in [0.15, 0.2) is 0 Å². The van der Waals surface area contributed by atoms with E-state index in [-0.39, 0.29) is 21.7 Å². The number of nitrogens with zero attached hydrogens (tertiary/aromatic N) is 2. The second-order valence-electron chi connectivity index (χ2n) is 25.5. The summed E-state index contributed by atoms with van der Waals surface area (Å²) >= 11 is 0. The van der Waals surface area contributed by atoms with Gasteiger partial charge in [0, 0.05) is 38.2 Å². The summed E-state index contributed by atoms with van der Waals surface area (Å²) in [5, 5.41) is 9.97. The van der Waals surface area contributed by atoms with Crippen molar-refractivity contribution in [3.05, 3.63) is 229 Å². The quantitative estimate of drug-likeness (QED) is 0.145. The normalized spacial score (nSPS) is 12.7. The van der Waals surface area contributed by atoms with E-state index >= 15 is 0 Å². The molecular weight excluding hydrogens is 917 g/mol. The first-order valence-corrected chi connectivity index (χ1v) is 27.3. The molecule has 0 fully saturated rings. The minimum atomic E-state index is -0.0625. The molecule has 2 nitrogen and oxygen atoms in total. The molecule has 76 heavy (non-hydrogen) atoms. The Morgan fingerprint density at radius 1 is 0.303 bits per heavy atom. The first-order chi connectivity index (χ1) is 36.2. The molecule has 0 radical (unpaired) electrons. The average Bonchev–Trinajstić information content (AvgIpc) is 3.74. The van der Waals surface area contributed by atoms with Crippen LogP contribution in [0.25, 0.3) is 93.2 Å². The van der Waals surface area contributed by atoms with Crippen LogP contribution in [0.4, 0.5) is 17.1 Å². The summed E-state index contributed by atoms with van der Waals surface area (Å²) in [6, 6.07) is 78.8. The highest BCUT2D eigenvalue weighted by Gasteiger charge is 2.29. The van der Waals surface area contributed by atoms with Crippen molar-refractivity contribution in [1.29, 1.82) is 0 Å². The van der Waals surface area contributed by atoms with Gasteiger partial charge in [-0.1, -0.05) is 259 Å². The lowest BCUT2D eigenvalue weighted by Crippen LogP contribution is -2.17. The third-order valence-electron chi connectivity index (χ3n) is 16.2. The van der Waals surface area contributed by atoms with Crippen molar-refractivity contribution in [1.82, 2.24) is 4.57 Å². The van der Waals surface area contributed by atoms with Crippen LogP contribution in [0.2, 0.25) is 0 Å². The maximum absolute atomic E-state index is 2.63. The molecule has 0 atom stereocenters. The summed E-state index contributed by atoms with van der Waals surface area (Å²) in [6.45, 7) is 27.8. The Hall–Kier alpha value is -7.94. The summed E-state index contributed by atoms with van der Waals surface area (Å²) in [7, 11) is 0. The lowest BCUT2D eigenvalue weighted by Gasteiger charge is -2.34. The highest BCUT2D eigenvalue weighted by atomic mass is 15.2. The smallest absolute Gasteiger partial charge is 0.0618 e. The highest BCUT2D eigenvalue weighted by Crippen LogP contribution is 2.53. The minimum absolute atomic E-state index is 0.0135. The molecule has 12 aromatic rings. The third kappa shape index (κ3) is 8.34. The fourth-order valence-corrected chi connectivity index (χ4v) is 11.8. The van der Waals surface area contributed by atoms with Crippen molar-refractivity contribution in [2.24, 2.45) is 0 Å². The number of fused-ring (bicyclic) bond motifs is 3. The van der Waals surface area contributed by atoms with Crippen LogP contribution in [0.5, 0.6) is 0 Å². The summed E-state index contributed by atoms with van der Waals surface area (Å²) in [5.74, 6) is 0. The molecule has 0 N–H and O–H groups in total. The van der Waals surface area contributed by atoms with Crippen LogP contribution < -0.4 is 4.90 Å². The van der Waals surface area contributed by atoms with E-state index in [0.717, 1.165) is 17.1 Å². The summed E-state index contributed by atoms with van der Waals surface area (Å²) in [6.07, 6.45) is 0. The van der Waals surface area contributed by atoms with Gasteiger partial charge >= 0.3 is 0 Å². The fraction of sp³-hybridized carbons (Fsp3) is 0.216. The molecule has 0 saturated heterocycles. The van der Waals surface area contributed by atoms with E-state index in [2.05, 4.69) is 299 Å². The average molecular weight is 987 g/mol. The van der Waals surface area contributed by atoms with Gasteiger partial charge in [-0.3, -0.25) is 0 Å². The number of hydrogen-bond donors (Lipinski definition) is 0. The van der Waals surface area contributed by atoms with E-state index < -0.39 is 0 Å². The van der Waals surface area contributed by atoms with Crippen LogP contribution in [0.1, 0.15) is 105 Å². The van der Waals surface area contributed by atoms with Crippen molar-refractivity contribution in [3.63, 3.8) is 0 Å². The lowest BCUT2D eigenvalue weighted by atomic mass is 9.78. The van der Waals surface area contributed by atoms with Crippen molar-refractivity contribution in [2.45, 2.75) is 105 Å². The molecule has 2 heteroatoms. The molecule has 0 aliphatic carbocycles. The Morgan fingerprint density at radius 2 is 0.737 bits per heavy atom. The third-order valence-corrected chi connectivity index (χ3v) is 16.2. The molecule has 1 aromatic heterocycles. The largest absolute Gasteiger partial charge is 0.309 e. The van der Waals surface area contributed by atoms with Crippen LogP contribution in [0, 0.1) is 0 Å². The van der Waals surface area contributed by atoms with E-state index in [4.69, 9.17) is 0 Å². The van der Waals surface area contributed by atoms with Gasteiger partial charge in [-0.25, -0.2) is 0 Å². The lowest BCUT2D eigenvalue weighted by molar-refractivity contribution is 0.569. The van der Waals surface area contributed by atoms with Gasteiger partial charge in [0.25, 0.3) is 0 Å². The van der Waals surface area contributed by atoms with Crippen molar-refractivity contribution in [3.8, 4) is 39.1 Å². The zero-order valence-corrected chi connectivity index (χ0v) is 46.5. The van der Waals surface area contributed by atoms with Crippen LogP contribution in [0.15, 0.2) is 206 Å². The Morgan fingerprint density at radius 3 is 1.26 bits per heavy atom. The van der Waals surface area contributed by atoms with Gasteiger partial charge in [0.2, 0.25) is 0 Å². The molecule has 0 saturated carbocycles. The van der Waals surface area contributed by atoms with Crippen LogP contribution in [-0.4, -0.2) is 4.57 Å². The van der Waals surface area contributed by atoms with Gasteiger partial charge in [-0.05, 0) is 112 Å². The van der Waals surface area contributed by atoms with Crippen LogP contribution in [0.3, 0.4) is 0 Å². The Balaban J connectivity index is 1.20. The first-order valence-electron chi connectivity index (χ1n) is 27.3. The topological polar surface area (TPSA) is 8.17 Å². The van der Waals surface area contributed by atoms with Crippen LogP contribution in [-0.2, 0) is 21.7 Å². The number of aromatic nitrogens is 1. The molecule has 0 amide bonds. The highest BCUT2D eigenvalue weighted by molar-refractivity contribution is 6.28. The van der Waals surface area contributed by atoms with Crippen LogP contribution >= 0.6 is 0 Å². The summed E-state index contributed by atoms with van der Waals surface area (Å²) < 4.78 is 2.48. The number of anilines is 3. The van der Waals surface area contributed by atoms with Crippen molar-refractivity contribution >= 4 is 71.2 Å². The monoisotopic (exact) mass is 987 g/mol. The molecular formula is C74H70N2. The zero-order chi connectivity index (χ0) is 53.1. The second-order valence-corrected chi connectivity index (χ2v) is 25.5. The SMILES string of the molecule is CC(C)(C)c1ccc(-c2cccc(-c3ccc(C(C)(C)C)cc3)c2N(c2ccccc2-c2cc(C(C)(C)C)cc(C(C)(C)C)c2)c2ccc3ccc4c(-n5c6ccccc6c6ccccc65)ccc5ccc2c3c54)cc1. The maximum Gasteiger partial charge on any atom is 0.0618 e. The molecule has 0 unspecified atom stereocenters. The molecule has 12 rings (SSSR count). The Labute approximate surface area is 450 Å². The van der Waals surface area contributed by atoms with Gasteiger partial charge in [-0.15, -0.1) is 0 Å². The van der Waals surface area contributed by atoms with Crippen molar-refractivity contribution < 1.29 is 0 Å². The molecule has 0 aliphatic rings. The summed E-state index contributed by atoms with van der Waals surface area (Å²) in [5.41, 5.74) is 19.3. The van der Waals surface area contributed by atoms with E-state index in [9.17, 15) is 0 Å². The molecule has 1 heterocycles.